The van der Waals surface area contributed by atoms with Crippen molar-refractivity contribution in [2.45, 2.75) is 59.5 Å². The Bertz CT molecular complexity index is 758. The Morgan fingerprint density at radius 2 is 1.96 bits per heavy atom. The summed E-state index contributed by atoms with van der Waals surface area (Å²) >= 11 is 0. The molecule has 1 heterocycles. The van der Waals surface area contributed by atoms with Crippen molar-refractivity contribution >= 4 is 22.7 Å². The minimum absolute atomic E-state index is 0.125. The lowest BCUT2D eigenvalue weighted by Crippen LogP contribution is -2.52. The molecule has 2 amide bonds. The number of aryl methyl sites for hydroxylation is 1. The van der Waals surface area contributed by atoms with Crippen LogP contribution in [0.1, 0.15) is 46.2 Å². The van der Waals surface area contributed by atoms with E-state index in [0.717, 1.165) is 36.0 Å². The predicted octanol–water partition coefficient (Wildman–Crippen LogP) is 2.40. The molecule has 3 N–H and O–H groups in total. The van der Waals surface area contributed by atoms with Crippen molar-refractivity contribution in [1.82, 2.24) is 15.1 Å². The van der Waals surface area contributed by atoms with E-state index in [0.29, 0.717) is 0 Å². The van der Waals surface area contributed by atoms with E-state index in [9.17, 15) is 9.59 Å². The van der Waals surface area contributed by atoms with Gasteiger partial charge in [0.2, 0.25) is 11.8 Å². The van der Waals surface area contributed by atoms with Crippen molar-refractivity contribution < 1.29 is 9.59 Å². The molecule has 0 bridgehead atoms. The fourth-order valence-electron chi connectivity index (χ4n) is 2.88. The number of aromatic nitrogens is 2. The molecule has 0 saturated carbocycles. The van der Waals surface area contributed by atoms with Crippen LogP contribution >= 0.6 is 0 Å². The molecule has 0 spiro atoms. The topological polar surface area (TPSA) is 90.0 Å². The second-order valence-corrected chi connectivity index (χ2v) is 7.49. The number of nitrogens with two attached hydrogens (primary N) is 1. The van der Waals surface area contributed by atoms with E-state index in [1.165, 1.54) is 0 Å². The average Bonchev–Trinajstić information content (AvgIpc) is 2.87. The second-order valence-electron chi connectivity index (χ2n) is 7.49. The van der Waals surface area contributed by atoms with Gasteiger partial charge in [-0.25, -0.2) is 0 Å². The minimum atomic E-state index is -0.714. The van der Waals surface area contributed by atoms with Crippen molar-refractivity contribution in [3.05, 3.63) is 30.0 Å². The molecule has 1 aromatic carbocycles. The molecule has 6 heteroatoms. The molecule has 0 radical (unpaired) electrons. The highest BCUT2D eigenvalue weighted by molar-refractivity contribution is 5.91. The first-order valence-electron chi connectivity index (χ1n) is 8.77. The fraction of sp³-hybridized carbons (Fsp3) is 0.526. The van der Waals surface area contributed by atoms with Crippen molar-refractivity contribution in [3.8, 4) is 0 Å². The van der Waals surface area contributed by atoms with E-state index in [4.69, 9.17) is 5.73 Å². The number of unbranched alkanes of at least 4 members (excludes halogenated alkanes) is 1. The molecule has 0 saturated heterocycles. The number of nitrogens with zero attached hydrogens (tertiary/aromatic N) is 2. The van der Waals surface area contributed by atoms with E-state index in [1.807, 2.05) is 49.7 Å². The monoisotopic (exact) mass is 344 g/mol. The first-order chi connectivity index (χ1) is 11.7. The molecule has 0 fully saturated rings. The van der Waals surface area contributed by atoms with Gasteiger partial charge in [0.05, 0.1) is 17.6 Å². The zero-order valence-corrected chi connectivity index (χ0v) is 15.5. The van der Waals surface area contributed by atoms with Gasteiger partial charge in [0.15, 0.2) is 0 Å². The maximum absolute atomic E-state index is 12.5. The van der Waals surface area contributed by atoms with E-state index in [1.54, 1.807) is 0 Å². The van der Waals surface area contributed by atoms with Crippen LogP contribution in [-0.2, 0) is 22.6 Å². The van der Waals surface area contributed by atoms with Gasteiger partial charge in [-0.05, 0) is 17.9 Å². The summed E-state index contributed by atoms with van der Waals surface area (Å²) in [6.07, 6.45) is 2.24. The van der Waals surface area contributed by atoms with Gasteiger partial charge in [-0.1, -0.05) is 52.3 Å². The Morgan fingerprint density at radius 3 is 2.56 bits per heavy atom. The normalized spacial score (nSPS) is 13.0. The Balaban J connectivity index is 2.22. The van der Waals surface area contributed by atoms with Crippen molar-refractivity contribution in [2.75, 3.05) is 0 Å². The summed E-state index contributed by atoms with van der Waals surface area (Å²) < 4.78 is 1.96. The van der Waals surface area contributed by atoms with Gasteiger partial charge < -0.3 is 11.1 Å². The van der Waals surface area contributed by atoms with Crippen LogP contribution in [-0.4, -0.2) is 27.6 Å². The van der Waals surface area contributed by atoms with E-state index in [2.05, 4.69) is 17.3 Å². The molecule has 1 unspecified atom stereocenters. The quantitative estimate of drug-likeness (QED) is 0.808. The summed E-state index contributed by atoms with van der Waals surface area (Å²) in [5.41, 5.74) is 6.75. The molecule has 2 aromatic rings. The maximum Gasteiger partial charge on any atom is 0.240 e. The summed E-state index contributed by atoms with van der Waals surface area (Å²) in [6, 6.07) is 7.19. The number of benzene rings is 1. The third kappa shape index (κ3) is 4.59. The molecular formula is C19H28N4O2. The van der Waals surface area contributed by atoms with Gasteiger partial charge in [0.1, 0.15) is 6.04 Å². The number of para-hydroxylation sites is 1. The summed E-state index contributed by atoms with van der Waals surface area (Å²) in [5, 5.41) is 8.35. The van der Waals surface area contributed by atoms with Gasteiger partial charge in [0, 0.05) is 11.9 Å². The Morgan fingerprint density at radius 1 is 1.28 bits per heavy atom. The lowest BCUT2D eigenvalue weighted by Gasteiger charge is -2.28. The van der Waals surface area contributed by atoms with Crippen LogP contribution in [0.4, 0.5) is 0 Å². The summed E-state index contributed by atoms with van der Waals surface area (Å²) in [5.74, 6) is -0.774. The average molecular weight is 344 g/mol. The largest absolute Gasteiger partial charge is 0.368 e. The Labute approximate surface area is 148 Å². The molecule has 2 rings (SSSR count). The lowest BCUT2D eigenvalue weighted by molar-refractivity contribution is -0.129. The molecule has 6 nitrogen and oxygen atoms in total. The number of amides is 2. The van der Waals surface area contributed by atoms with E-state index >= 15 is 0 Å². The van der Waals surface area contributed by atoms with Gasteiger partial charge >= 0.3 is 0 Å². The Kier molecular flexibility index (Phi) is 5.82. The van der Waals surface area contributed by atoms with E-state index < -0.39 is 17.4 Å². The third-order valence-corrected chi connectivity index (χ3v) is 4.24. The summed E-state index contributed by atoms with van der Waals surface area (Å²) in [4.78, 5) is 24.1. The number of carbonyl (C=O) groups is 2. The van der Waals surface area contributed by atoms with Crippen LogP contribution < -0.4 is 11.1 Å². The maximum atomic E-state index is 12.5. The zero-order chi connectivity index (χ0) is 18.6. The number of hydrogen-bond acceptors (Lipinski definition) is 3. The molecular weight excluding hydrogens is 316 g/mol. The van der Waals surface area contributed by atoms with Crippen LogP contribution in [0.15, 0.2) is 24.3 Å². The molecule has 0 aliphatic carbocycles. The molecule has 1 aromatic heterocycles. The van der Waals surface area contributed by atoms with Crippen LogP contribution in [0.5, 0.6) is 0 Å². The molecule has 0 aliphatic heterocycles. The number of hydrogen-bond donors (Lipinski definition) is 2. The first-order valence-corrected chi connectivity index (χ1v) is 8.77. The van der Waals surface area contributed by atoms with Gasteiger partial charge in [-0.15, -0.1) is 0 Å². The van der Waals surface area contributed by atoms with Gasteiger partial charge in [0.25, 0.3) is 0 Å². The van der Waals surface area contributed by atoms with Crippen molar-refractivity contribution in [3.63, 3.8) is 0 Å². The first kappa shape index (κ1) is 19.0. The van der Waals surface area contributed by atoms with Crippen LogP contribution in [0.3, 0.4) is 0 Å². The number of nitrogens with one attached hydrogen (secondary N) is 1. The standard InChI is InChI=1S/C19H28N4O2/c1-5-6-11-23-15-10-8-7-9-13(15)14(22-23)12-16(24)21-17(18(20)25)19(2,3)4/h7-10,17H,5-6,11-12H2,1-4H3,(H2,20,25)(H,21,24). The van der Waals surface area contributed by atoms with Crippen molar-refractivity contribution in [1.29, 1.82) is 0 Å². The number of fused-ring (bicyclic) bond motifs is 1. The highest BCUT2D eigenvalue weighted by Gasteiger charge is 2.31. The van der Waals surface area contributed by atoms with E-state index in [-0.39, 0.29) is 12.3 Å². The molecule has 25 heavy (non-hydrogen) atoms. The SMILES string of the molecule is CCCCn1nc(CC(=O)NC(C(N)=O)C(C)(C)C)c2ccccc21. The van der Waals surface area contributed by atoms with Crippen LogP contribution in [0, 0.1) is 5.41 Å². The zero-order valence-electron chi connectivity index (χ0n) is 15.5. The van der Waals surface area contributed by atoms with Crippen molar-refractivity contribution in [2.24, 2.45) is 11.1 Å². The van der Waals surface area contributed by atoms with Gasteiger partial charge in [-0.2, -0.15) is 5.10 Å². The summed E-state index contributed by atoms with van der Waals surface area (Å²) in [7, 11) is 0. The highest BCUT2D eigenvalue weighted by Crippen LogP contribution is 2.21. The summed E-state index contributed by atoms with van der Waals surface area (Å²) in [6.45, 7) is 8.58. The van der Waals surface area contributed by atoms with Crippen LogP contribution in [0.2, 0.25) is 0 Å². The predicted molar refractivity (Wildman–Crippen MR) is 98.9 cm³/mol. The number of carbonyl (C=O) groups excluding carboxylic acids is 2. The number of rotatable bonds is 7. The fourth-order valence-corrected chi connectivity index (χ4v) is 2.88. The molecule has 136 valence electrons. The lowest BCUT2D eigenvalue weighted by atomic mass is 9.86. The smallest absolute Gasteiger partial charge is 0.240 e. The molecule has 1 atom stereocenters. The van der Waals surface area contributed by atoms with Crippen LogP contribution in [0.25, 0.3) is 10.9 Å². The molecule has 0 aliphatic rings. The third-order valence-electron chi connectivity index (χ3n) is 4.24. The highest BCUT2D eigenvalue weighted by atomic mass is 16.2. The number of primary amides is 1. The second kappa shape index (κ2) is 7.68. The van der Waals surface area contributed by atoms with Gasteiger partial charge in [-0.3, -0.25) is 14.3 Å². The Hall–Kier alpha value is -2.37. The minimum Gasteiger partial charge on any atom is -0.368 e.